The number of carboxylic acid groups (broad SMARTS) is 1. The third-order valence-corrected chi connectivity index (χ3v) is 8.51. The summed E-state index contributed by atoms with van der Waals surface area (Å²) in [5.41, 5.74) is -0.715. The molecule has 1 unspecified atom stereocenters. The second-order valence-electron chi connectivity index (χ2n) is 11.6. The summed E-state index contributed by atoms with van der Waals surface area (Å²) in [6.45, 7) is 8.10. The summed E-state index contributed by atoms with van der Waals surface area (Å²) in [7, 11) is -4.43. The molecule has 0 radical (unpaired) electrons. The number of nitrogens with one attached hydrogen (secondary N) is 1. The minimum absolute atomic E-state index is 0.0371. The Labute approximate surface area is 250 Å². The van der Waals surface area contributed by atoms with E-state index in [9.17, 15) is 27.9 Å². The Kier molecular flexibility index (Phi) is 9.09. The number of amides is 3. The van der Waals surface area contributed by atoms with Crippen molar-refractivity contribution in [2.75, 3.05) is 22.3 Å². The Balaban J connectivity index is 1.78. The highest BCUT2D eigenvalue weighted by molar-refractivity contribution is 7.92. The van der Waals surface area contributed by atoms with Crippen LogP contribution in [0.4, 0.5) is 25.4 Å². The molecule has 3 amide bonds. The number of fused-ring (bicyclic) bond motifs is 1. The lowest BCUT2D eigenvalue weighted by atomic mass is 10.1. The molecule has 2 N–H and O–H groups in total. The SMILES string of the molecule is CCCC(C)N(C[C@H]1Cc2c(cc(OCc3ccccc3)c(N3CC(=O)NS3(=O)=O)c2F)N1C(=O)O)C(=O)OC(C)(C)C. The van der Waals surface area contributed by atoms with Gasteiger partial charge in [0.15, 0.2) is 5.82 Å². The molecule has 234 valence electrons. The number of hydrogen-bond donors (Lipinski definition) is 2. The van der Waals surface area contributed by atoms with Gasteiger partial charge in [-0.05, 0) is 39.7 Å². The Morgan fingerprint density at radius 3 is 2.47 bits per heavy atom. The van der Waals surface area contributed by atoms with Gasteiger partial charge in [-0.2, -0.15) is 8.42 Å². The molecule has 0 spiro atoms. The van der Waals surface area contributed by atoms with E-state index in [-0.39, 0.29) is 42.6 Å². The molecule has 2 aromatic rings. The number of carbonyl (C=O) groups is 3. The molecule has 43 heavy (non-hydrogen) atoms. The van der Waals surface area contributed by atoms with Crippen molar-refractivity contribution in [2.24, 2.45) is 0 Å². The maximum Gasteiger partial charge on any atom is 0.412 e. The molecule has 0 aliphatic carbocycles. The number of hydrogen-bond acceptors (Lipinski definition) is 7. The molecule has 1 fully saturated rings. The fourth-order valence-electron chi connectivity index (χ4n) is 5.26. The van der Waals surface area contributed by atoms with Crippen LogP contribution in [-0.4, -0.2) is 67.3 Å². The van der Waals surface area contributed by atoms with Gasteiger partial charge in [-0.1, -0.05) is 43.7 Å². The third kappa shape index (κ3) is 6.95. The van der Waals surface area contributed by atoms with Gasteiger partial charge in [-0.3, -0.25) is 9.69 Å². The van der Waals surface area contributed by atoms with Crippen LogP contribution in [0.1, 0.15) is 58.6 Å². The summed E-state index contributed by atoms with van der Waals surface area (Å²) in [6, 6.07) is 8.89. The summed E-state index contributed by atoms with van der Waals surface area (Å²) < 4.78 is 55.9. The maximum atomic E-state index is 16.4. The highest BCUT2D eigenvalue weighted by Crippen LogP contribution is 2.45. The number of benzene rings is 2. The van der Waals surface area contributed by atoms with Crippen LogP contribution in [0.2, 0.25) is 0 Å². The molecule has 0 saturated carbocycles. The zero-order valence-corrected chi connectivity index (χ0v) is 25.6. The fraction of sp³-hybridized carbons (Fsp3) is 0.483. The van der Waals surface area contributed by atoms with Crippen LogP contribution in [0.15, 0.2) is 36.4 Å². The first kappa shape index (κ1) is 31.9. The predicted molar refractivity (Wildman–Crippen MR) is 157 cm³/mol. The Morgan fingerprint density at radius 1 is 1.23 bits per heavy atom. The van der Waals surface area contributed by atoms with Gasteiger partial charge >= 0.3 is 22.4 Å². The molecule has 2 aliphatic heterocycles. The number of carbonyl (C=O) groups excluding carboxylic acids is 2. The van der Waals surface area contributed by atoms with Crippen LogP contribution in [-0.2, 0) is 32.8 Å². The second kappa shape index (κ2) is 12.3. The van der Waals surface area contributed by atoms with Crippen LogP contribution < -0.4 is 18.7 Å². The summed E-state index contributed by atoms with van der Waals surface area (Å²) in [4.78, 5) is 40.3. The fourth-order valence-corrected chi connectivity index (χ4v) is 6.42. The molecule has 2 heterocycles. The number of rotatable bonds is 9. The summed E-state index contributed by atoms with van der Waals surface area (Å²) in [5.74, 6) is -2.13. The molecule has 0 aromatic heterocycles. The quantitative estimate of drug-likeness (QED) is 0.419. The molecule has 1 saturated heterocycles. The lowest BCUT2D eigenvalue weighted by Crippen LogP contribution is -2.50. The van der Waals surface area contributed by atoms with E-state index in [2.05, 4.69) is 0 Å². The average Bonchev–Trinajstić information content (AvgIpc) is 3.40. The minimum atomic E-state index is -4.43. The van der Waals surface area contributed by atoms with E-state index >= 15 is 4.39 Å². The molecule has 2 aliphatic rings. The van der Waals surface area contributed by atoms with E-state index in [0.717, 1.165) is 11.3 Å². The van der Waals surface area contributed by atoms with Gasteiger partial charge in [0.05, 0.1) is 11.7 Å². The molecule has 12 nitrogen and oxygen atoms in total. The number of halogens is 1. The second-order valence-corrected chi connectivity index (χ2v) is 13.2. The molecule has 2 aromatic carbocycles. The normalized spacial score (nSPS) is 18.2. The Morgan fingerprint density at radius 2 is 1.91 bits per heavy atom. The van der Waals surface area contributed by atoms with Gasteiger partial charge in [0.1, 0.15) is 30.2 Å². The van der Waals surface area contributed by atoms with Gasteiger partial charge in [-0.15, -0.1) is 0 Å². The van der Waals surface area contributed by atoms with Crippen molar-refractivity contribution in [1.29, 1.82) is 0 Å². The highest BCUT2D eigenvalue weighted by Gasteiger charge is 2.44. The molecule has 14 heteroatoms. The first-order valence-electron chi connectivity index (χ1n) is 14.0. The monoisotopic (exact) mass is 620 g/mol. The van der Waals surface area contributed by atoms with E-state index < -0.39 is 58.0 Å². The molecule has 4 rings (SSSR count). The lowest BCUT2D eigenvalue weighted by molar-refractivity contribution is -0.117. The number of anilines is 2. The van der Waals surface area contributed by atoms with E-state index in [4.69, 9.17) is 9.47 Å². The van der Waals surface area contributed by atoms with Crippen molar-refractivity contribution in [3.05, 3.63) is 53.3 Å². The average molecular weight is 621 g/mol. The first-order valence-corrected chi connectivity index (χ1v) is 15.4. The maximum absolute atomic E-state index is 16.4. The van der Waals surface area contributed by atoms with Gasteiger partial charge in [0, 0.05) is 30.6 Å². The van der Waals surface area contributed by atoms with Gasteiger partial charge in [0.25, 0.3) is 5.91 Å². The largest absolute Gasteiger partial charge is 0.487 e. The van der Waals surface area contributed by atoms with Gasteiger partial charge in [-0.25, -0.2) is 23.0 Å². The van der Waals surface area contributed by atoms with Crippen molar-refractivity contribution in [1.82, 2.24) is 9.62 Å². The van der Waals surface area contributed by atoms with Gasteiger partial charge < -0.3 is 19.5 Å². The van der Waals surface area contributed by atoms with Crippen LogP contribution >= 0.6 is 0 Å². The topological polar surface area (TPSA) is 146 Å². The zero-order chi connectivity index (χ0) is 31.7. The highest BCUT2D eigenvalue weighted by atomic mass is 32.2. The van der Waals surface area contributed by atoms with Crippen molar-refractivity contribution in [3.63, 3.8) is 0 Å². The Bertz CT molecular complexity index is 1500. The summed E-state index contributed by atoms with van der Waals surface area (Å²) in [6.07, 6.45) is -0.799. The Hall–Kier alpha value is -4.07. The minimum Gasteiger partial charge on any atom is -0.487 e. The smallest absolute Gasteiger partial charge is 0.412 e. The van der Waals surface area contributed by atoms with Crippen molar-refractivity contribution in [2.45, 2.75) is 78.2 Å². The standard InChI is InChI=1S/C29H37FN4O8S/c1-6-10-18(2)32(28(38)42-29(3,4)5)15-20-13-21-22(34(20)27(36)37)14-23(41-17-19-11-8-7-9-12-19)26(25(21)30)33-16-24(35)31-43(33,39)40/h7-9,11-12,14,18,20H,6,10,13,15-17H2,1-5H3,(H,31,35)(H,36,37)/t18?,20-/m1/s1. The lowest BCUT2D eigenvalue weighted by Gasteiger charge is -2.35. The summed E-state index contributed by atoms with van der Waals surface area (Å²) >= 11 is 0. The molecular formula is C29H37FN4O8S. The van der Waals surface area contributed by atoms with Crippen LogP contribution in [0.25, 0.3) is 0 Å². The molecule has 0 bridgehead atoms. The number of nitrogens with zero attached hydrogens (tertiary/aromatic N) is 3. The first-order chi connectivity index (χ1) is 20.1. The van der Waals surface area contributed by atoms with E-state index in [1.807, 2.05) is 18.6 Å². The van der Waals surface area contributed by atoms with Crippen LogP contribution in [0, 0.1) is 5.82 Å². The summed E-state index contributed by atoms with van der Waals surface area (Å²) in [5, 5.41) is 10.3. The van der Waals surface area contributed by atoms with Crippen molar-refractivity contribution in [3.8, 4) is 5.75 Å². The zero-order valence-electron chi connectivity index (χ0n) is 24.8. The van der Waals surface area contributed by atoms with Crippen molar-refractivity contribution < 1.29 is 41.8 Å². The predicted octanol–water partition coefficient (Wildman–Crippen LogP) is 4.42. The van der Waals surface area contributed by atoms with Crippen LogP contribution in [0.5, 0.6) is 5.75 Å². The number of ether oxygens (including phenoxy) is 2. The molecule has 2 atom stereocenters. The van der Waals surface area contributed by atoms with Crippen molar-refractivity contribution >= 4 is 39.7 Å². The van der Waals surface area contributed by atoms with Gasteiger partial charge in [0.2, 0.25) is 0 Å². The van der Waals surface area contributed by atoms with E-state index in [0.29, 0.717) is 16.3 Å². The molecular weight excluding hydrogens is 583 g/mol. The van der Waals surface area contributed by atoms with Crippen LogP contribution in [0.3, 0.4) is 0 Å². The third-order valence-electron chi connectivity index (χ3n) is 7.13. The van der Waals surface area contributed by atoms with E-state index in [1.165, 1.54) is 11.0 Å². The van der Waals surface area contributed by atoms with E-state index in [1.54, 1.807) is 51.1 Å².